The van der Waals surface area contributed by atoms with E-state index < -0.39 is 12.2 Å². The highest BCUT2D eigenvalue weighted by Crippen LogP contribution is 2.40. The highest BCUT2D eigenvalue weighted by molar-refractivity contribution is 9.11. The van der Waals surface area contributed by atoms with Crippen molar-refractivity contribution in [3.05, 3.63) is 95.8 Å². The number of alkyl halides is 2. The fourth-order valence-electron chi connectivity index (χ4n) is 4.13. The minimum absolute atomic E-state index is 0.0805. The normalized spacial score (nSPS) is 16.3. The summed E-state index contributed by atoms with van der Waals surface area (Å²) in [5, 5.41) is 0. The summed E-state index contributed by atoms with van der Waals surface area (Å²) in [7, 11) is 0. The van der Waals surface area contributed by atoms with Crippen LogP contribution >= 0.6 is 47.8 Å². The maximum Gasteiger partial charge on any atom is 0.387 e. The van der Waals surface area contributed by atoms with Crippen LogP contribution in [0.25, 0.3) is 0 Å². The highest BCUT2D eigenvalue weighted by atomic mass is 79.9. The Labute approximate surface area is 258 Å². The van der Waals surface area contributed by atoms with E-state index in [9.17, 15) is 8.78 Å². The fourth-order valence-corrected chi connectivity index (χ4v) is 6.06. The van der Waals surface area contributed by atoms with Gasteiger partial charge in [0, 0.05) is 26.6 Å². The molecule has 1 atom stereocenters. The molecule has 40 heavy (non-hydrogen) atoms. The maximum atomic E-state index is 12.6. The summed E-state index contributed by atoms with van der Waals surface area (Å²) in [5.74, 6) is 0.121. The smallest absolute Gasteiger partial charge is 0.387 e. The molecule has 0 saturated heterocycles. The Morgan fingerprint density at radius 3 is 1.95 bits per heavy atom. The number of nitrogens with zero attached hydrogens (tertiary/aromatic N) is 1. The largest absolute Gasteiger partial charge is 0.462 e. The van der Waals surface area contributed by atoms with Crippen molar-refractivity contribution in [2.75, 3.05) is 19.8 Å². The Hall–Kier alpha value is -2.05. The second kappa shape index (κ2) is 15.3. The lowest BCUT2D eigenvalue weighted by Crippen LogP contribution is -2.27. The molecule has 3 aromatic carbocycles. The van der Waals surface area contributed by atoms with Crippen LogP contribution in [-0.2, 0) is 33.0 Å². The van der Waals surface area contributed by atoms with Gasteiger partial charge in [0.05, 0.1) is 13.2 Å². The zero-order valence-corrected chi connectivity index (χ0v) is 27.1. The van der Waals surface area contributed by atoms with E-state index >= 15 is 0 Å². The molecule has 1 heterocycles. The maximum absolute atomic E-state index is 12.6. The summed E-state index contributed by atoms with van der Waals surface area (Å²) in [6.45, 7) is 5.45. The Bertz CT molecular complexity index is 1310. The van der Waals surface area contributed by atoms with Crippen molar-refractivity contribution in [1.29, 1.82) is 0 Å². The van der Waals surface area contributed by atoms with Crippen LogP contribution in [0.5, 0.6) is 5.75 Å². The number of aliphatic imine (C=N–C) groups is 1. The Morgan fingerprint density at radius 2 is 1.45 bits per heavy atom. The van der Waals surface area contributed by atoms with Crippen LogP contribution in [0.4, 0.5) is 8.78 Å². The molecule has 0 spiro atoms. The number of nitrogens with two attached hydrogens (primary N) is 1. The zero-order chi connectivity index (χ0) is 29.3. The van der Waals surface area contributed by atoms with E-state index in [0.717, 1.165) is 36.7 Å². The number of hydrogen-bond acceptors (Lipinski definition) is 6. The van der Waals surface area contributed by atoms with Crippen molar-refractivity contribution < 1.29 is 27.7 Å². The topological polar surface area (TPSA) is 75.3 Å². The van der Waals surface area contributed by atoms with Gasteiger partial charge in [0.25, 0.3) is 6.02 Å². The highest BCUT2D eigenvalue weighted by Gasteiger charge is 2.40. The molecule has 11 heteroatoms. The van der Waals surface area contributed by atoms with Gasteiger partial charge in [0.15, 0.2) is 5.54 Å². The van der Waals surface area contributed by atoms with E-state index in [1.165, 1.54) is 11.6 Å². The fraction of sp³-hybridized carbons (Fsp3) is 0.345. The Balaban J connectivity index is 0.000000307. The van der Waals surface area contributed by atoms with Crippen molar-refractivity contribution in [2.45, 2.75) is 46.1 Å². The van der Waals surface area contributed by atoms with Gasteiger partial charge in [-0.05, 0) is 91.1 Å². The van der Waals surface area contributed by atoms with Crippen molar-refractivity contribution in [1.82, 2.24) is 0 Å². The lowest BCUT2D eigenvalue weighted by molar-refractivity contribution is -0.0503. The molecule has 4 rings (SSSR count). The van der Waals surface area contributed by atoms with Crippen molar-refractivity contribution in [3.8, 4) is 5.75 Å². The molecule has 1 aliphatic heterocycles. The minimum atomic E-state index is -2.88. The number of amidine groups is 1. The lowest BCUT2D eigenvalue weighted by Gasteiger charge is -2.27. The van der Waals surface area contributed by atoms with Crippen molar-refractivity contribution in [3.63, 3.8) is 0 Å². The van der Waals surface area contributed by atoms with Crippen molar-refractivity contribution in [2.24, 2.45) is 10.7 Å². The Kier molecular flexibility index (Phi) is 12.4. The predicted octanol–water partition coefficient (Wildman–Crippen LogP) is 8.23. The van der Waals surface area contributed by atoms with Crippen LogP contribution in [0.1, 0.15) is 41.7 Å². The SMILES string of the molecule is CCOCc1cc(Br)cc(Br)c1.CCOCc1cc(Br)cc(C2(c3ccc(OC(F)F)c(C)c3)COC(N)=N2)c1. The molecular formula is C29H31Br3F2N2O4. The van der Waals surface area contributed by atoms with Crippen LogP contribution < -0.4 is 10.5 Å². The first kappa shape index (κ1) is 32.5. The molecule has 1 aliphatic rings. The number of halogens is 5. The van der Waals surface area contributed by atoms with E-state index in [0.29, 0.717) is 25.4 Å². The first-order valence-corrected chi connectivity index (χ1v) is 14.9. The molecular weight excluding hydrogens is 718 g/mol. The second-order valence-corrected chi connectivity index (χ2v) is 11.6. The second-order valence-electron chi connectivity index (χ2n) is 8.86. The molecule has 2 N–H and O–H groups in total. The number of ether oxygens (including phenoxy) is 4. The Morgan fingerprint density at radius 1 is 0.875 bits per heavy atom. The quantitative estimate of drug-likeness (QED) is 0.226. The summed E-state index contributed by atoms with van der Waals surface area (Å²) in [6, 6.07) is 17.1. The summed E-state index contributed by atoms with van der Waals surface area (Å²) in [6.07, 6.45) is 0. The molecule has 0 fully saturated rings. The average Bonchev–Trinajstić information content (AvgIpc) is 3.29. The third-order valence-corrected chi connectivity index (χ3v) is 7.28. The molecule has 0 aliphatic carbocycles. The van der Waals surface area contributed by atoms with Gasteiger partial charge < -0.3 is 24.7 Å². The van der Waals surface area contributed by atoms with Gasteiger partial charge in [-0.1, -0.05) is 59.9 Å². The van der Waals surface area contributed by atoms with Gasteiger partial charge in [-0.3, -0.25) is 0 Å². The summed E-state index contributed by atoms with van der Waals surface area (Å²) >= 11 is 10.4. The van der Waals surface area contributed by atoms with Gasteiger partial charge in [0.1, 0.15) is 12.4 Å². The average molecular weight is 749 g/mol. The monoisotopic (exact) mass is 746 g/mol. The van der Waals surface area contributed by atoms with Gasteiger partial charge in [-0.15, -0.1) is 0 Å². The molecule has 0 saturated carbocycles. The number of aryl methyl sites for hydroxylation is 1. The van der Waals surface area contributed by atoms with Crippen LogP contribution in [-0.4, -0.2) is 32.5 Å². The van der Waals surface area contributed by atoms with E-state index in [-0.39, 0.29) is 18.4 Å². The van der Waals surface area contributed by atoms with Gasteiger partial charge >= 0.3 is 6.61 Å². The molecule has 216 valence electrons. The van der Waals surface area contributed by atoms with E-state index in [2.05, 4.69) is 69.7 Å². The molecule has 1 unspecified atom stereocenters. The molecule has 3 aromatic rings. The number of benzene rings is 3. The molecule has 0 amide bonds. The van der Waals surface area contributed by atoms with Crippen LogP contribution in [0.15, 0.2) is 73.0 Å². The first-order valence-electron chi connectivity index (χ1n) is 12.5. The molecule has 0 radical (unpaired) electrons. The summed E-state index contributed by atoms with van der Waals surface area (Å²) < 4.78 is 49.1. The zero-order valence-electron chi connectivity index (χ0n) is 22.4. The van der Waals surface area contributed by atoms with Crippen LogP contribution in [0.2, 0.25) is 0 Å². The third-order valence-electron chi connectivity index (χ3n) is 5.90. The third kappa shape index (κ3) is 8.97. The predicted molar refractivity (Wildman–Crippen MR) is 163 cm³/mol. The van der Waals surface area contributed by atoms with Gasteiger partial charge in [0.2, 0.25) is 0 Å². The number of hydrogen-bond donors (Lipinski definition) is 1. The van der Waals surface area contributed by atoms with Crippen LogP contribution in [0, 0.1) is 6.92 Å². The molecule has 0 bridgehead atoms. The lowest BCUT2D eigenvalue weighted by atomic mass is 9.83. The van der Waals surface area contributed by atoms with Gasteiger partial charge in [-0.25, -0.2) is 4.99 Å². The minimum Gasteiger partial charge on any atom is -0.462 e. The van der Waals surface area contributed by atoms with E-state index in [1.807, 2.05) is 38.1 Å². The molecule has 6 nitrogen and oxygen atoms in total. The van der Waals surface area contributed by atoms with Gasteiger partial charge in [-0.2, -0.15) is 8.78 Å². The van der Waals surface area contributed by atoms with Crippen molar-refractivity contribution >= 4 is 53.8 Å². The molecule has 0 aromatic heterocycles. The summed E-state index contributed by atoms with van der Waals surface area (Å²) in [4.78, 5) is 4.58. The van der Waals surface area contributed by atoms with Crippen LogP contribution in [0.3, 0.4) is 0 Å². The van der Waals surface area contributed by atoms with E-state index in [4.69, 9.17) is 19.9 Å². The number of rotatable bonds is 10. The summed E-state index contributed by atoms with van der Waals surface area (Å²) in [5.41, 5.74) is 9.31. The van der Waals surface area contributed by atoms with E-state index in [1.54, 1.807) is 19.1 Å². The first-order chi connectivity index (χ1) is 19.1. The standard InChI is InChI=1S/C20H21BrF2N2O3.C9H10Br2O/c1-3-26-10-13-7-15(9-16(21)8-13)20(11-27-19(24)25-20)14-4-5-17(12(2)6-14)28-18(22)23;1-2-12-6-7-3-8(10)5-9(11)4-7/h4-9,18H,3,10-11H2,1-2H3,(H2,24,25);3-5H,2,6H2,1H3.